The number of carbonyl (C=O) groups is 1. The Bertz CT molecular complexity index is 1160. The van der Waals surface area contributed by atoms with Crippen LogP contribution in [0.4, 0.5) is 0 Å². The summed E-state index contributed by atoms with van der Waals surface area (Å²) in [5.74, 6) is 1.60. The first kappa shape index (κ1) is 46.8. The highest BCUT2D eigenvalue weighted by molar-refractivity contribution is 5.69. The van der Waals surface area contributed by atoms with Crippen LogP contribution in [0.3, 0.4) is 0 Å². The van der Waals surface area contributed by atoms with Gasteiger partial charge >= 0.3 is 5.97 Å². The predicted octanol–water partition coefficient (Wildman–Crippen LogP) is 5.04. The number of aliphatic hydroxyl groups excluding tert-OH is 2. The second-order valence-electron chi connectivity index (χ2n) is 15.2. The van der Waals surface area contributed by atoms with Crippen molar-refractivity contribution in [1.82, 2.24) is 15.0 Å². The molecule has 1 aromatic heterocycles. The molecule has 15 nitrogen and oxygen atoms in total. The molecule has 2 unspecified atom stereocenters. The molecule has 0 aliphatic heterocycles. The van der Waals surface area contributed by atoms with Gasteiger partial charge in [0.25, 0.3) is 0 Å². The van der Waals surface area contributed by atoms with E-state index in [1.165, 1.54) is 5.69 Å². The van der Waals surface area contributed by atoms with Crippen molar-refractivity contribution in [3.63, 3.8) is 0 Å². The van der Waals surface area contributed by atoms with Crippen molar-refractivity contribution >= 4 is 5.97 Å². The summed E-state index contributed by atoms with van der Waals surface area (Å²) in [6, 6.07) is 0. The van der Waals surface area contributed by atoms with Gasteiger partial charge in [0.1, 0.15) is 0 Å². The maximum Gasteiger partial charge on any atom is 0.305 e. The third-order valence-corrected chi connectivity index (χ3v) is 10.7. The lowest BCUT2D eigenvalue weighted by atomic mass is 9.90. The van der Waals surface area contributed by atoms with Gasteiger partial charge in [-0.1, -0.05) is 38.0 Å². The maximum atomic E-state index is 12.2. The van der Waals surface area contributed by atoms with Crippen LogP contribution >= 0.6 is 0 Å². The quantitative estimate of drug-likeness (QED) is 0.0324. The summed E-state index contributed by atoms with van der Waals surface area (Å²) in [5.41, 5.74) is 15.6. The van der Waals surface area contributed by atoms with Gasteiger partial charge in [-0.25, -0.2) is 4.68 Å². The topological polar surface area (TPSA) is 209 Å². The number of aryl methyl sites for hydroxylation is 2. The van der Waals surface area contributed by atoms with Gasteiger partial charge < -0.3 is 39.6 Å². The van der Waals surface area contributed by atoms with E-state index < -0.39 is 0 Å². The minimum absolute atomic E-state index is 0.120. The smallest absolute Gasteiger partial charge is 0.305 e. The fourth-order valence-corrected chi connectivity index (χ4v) is 6.29. The Morgan fingerprint density at radius 1 is 0.887 bits per heavy atom. The molecule has 3 rings (SSSR count). The molecular formula is C38H71N7O8. The molecule has 2 aliphatic carbocycles. The highest BCUT2D eigenvalue weighted by Gasteiger charge is 2.50. The zero-order chi connectivity index (χ0) is 38.8. The first-order valence-corrected chi connectivity index (χ1v) is 20.0. The number of hydrogen-bond acceptors (Lipinski definition) is 12. The van der Waals surface area contributed by atoms with Crippen LogP contribution in [0.2, 0.25) is 0 Å². The standard InChI is InChI=1S/C28H50N4O6.C10H21N3O2/c1-3-28(2,20-33)21-37-14-5-4-13-32-26-11-9-23-22(8-10-25(26)30-31-32)24(23)19-38-27(34)7-6-15-35-17-18-36-16-12-29;1-3-10(2,8-14)9-15-7-5-4-6-12-13-11/h22-24,33H,3-21,29H2,1-2H3;14H,3-9H2,1-2H3/t22-,23+,24-,28?;/m0./s1. The number of rotatable bonds is 29. The number of fused-ring (bicyclic) bond motifs is 2. The summed E-state index contributed by atoms with van der Waals surface area (Å²) in [6.07, 6.45) is 10.7. The van der Waals surface area contributed by atoms with Crippen LogP contribution in [0.25, 0.3) is 10.4 Å². The Morgan fingerprint density at radius 2 is 1.49 bits per heavy atom. The Morgan fingerprint density at radius 3 is 2.09 bits per heavy atom. The van der Waals surface area contributed by atoms with Gasteiger partial charge in [-0.2, -0.15) is 0 Å². The molecule has 1 fully saturated rings. The zero-order valence-electron chi connectivity index (χ0n) is 33.2. The van der Waals surface area contributed by atoms with Crippen LogP contribution in [-0.2, 0) is 47.9 Å². The summed E-state index contributed by atoms with van der Waals surface area (Å²) in [7, 11) is 0. The molecule has 1 saturated carbocycles. The number of esters is 1. The van der Waals surface area contributed by atoms with Crippen LogP contribution in [0.15, 0.2) is 5.11 Å². The molecule has 0 saturated heterocycles. The van der Waals surface area contributed by atoms with Crippen molar-refractivity contribution in [3.8, 4) is 0 Å². The lowest BCUT2D eigenvalue weighted by Crippen LogP contribution is -2.27. The van der Waals surface area contributed by atoms with Crippen molar-refractivity contribution < 1.29 is 38.7 Å². The monoisotopic (exact) mass is 754 g/mol. The summed E-state index contributed by atoms with van der Waals surface area (Å²) >= 11 is 0. The fraction of sp³-hybridized carbons (Fsp3) is 0.921. The van der Waals surface area contributed by atoms with Crippen molar-refractivity contribution in [2.24, 2.45) is 39.4 Å². The van der Waals surface area contributed by atoms with Gasteiger partial charge in [0.15, 0.2) is 0 Å². The summed E-state index contributed by atoms with van der Waals surface area (Å²) in [6.45, 7) is 15.6. The van der Waals surface area contributed by atoms with E-state index in [1.54, 1.807) is 0 Å². The van der Waals surface area contributed by atoms with Crippen molar-refractivity contribution in [1.29, 1.82) is 0 Å². The fourth-order valence-electron chi connectivity index (χ4n) is 6.29. The van der Waals surface area contributed by atoms with E-state index in [-0.39, 0.29) is 30.0 Å². The molecule has 0 amide bonds. The van der Waals surface area contributed by atoms with Gasteiger partial charge in [-0.15, -0.1) is 5.10 Å². The van der Waals surface area contributed by atoms with E-state index >= 15 is 0 Å². The largest absolute Gasteiger partial charge is 0.465 e. The SMILES string of the molecule is CCC(C)(CO)COCCCCN=[N+]=[N-].CCC(C)(CO)COCCCCn1nnc2c1CC[C@@H]1[C@H](CC2)[C@@H]1COC(=O)CCCOCCOCCN. The van der Waals surface area contributed by atoms with Crippen LogP contribution < -0.4 is 5.73 Å². The van der Waals surface area contributed by atoms with E-state index in [0.29, 0.717) is 103 Å². The number of carbonyl (C=O) groups excluding carboxylic acids is 1. The number of azide groups is 1. The molecule has 4 N–H and O–H groups in total. The van der Waals surface area contributed by atoms with E-state index in [2.05, 4.69) is 38.9 Å². The maximum absolute atomic E-state index is 12.2. The van der Waals surface area contributed by atoms with Gasteiger partial charge in [0.2, 0.25) is 0 Å². The predicted molar refractivity (Wildman–Crippen MR) is 203 cm³/mol. The molecule has 15 heteroatoms. The Labute approximate surface area is 317 Å². The number of nitrogens with two attached hydrogens (primary N) is 1. The highest BCUT2D eigenvalue weighted by atomic mass is 16.5. The van der Waals surface area contributed by atoms with Gasteiger partial charge in [-0.05, 0) is 93.9 Å². The second kappa shape index (κ2) is 27.3. The highest BCUT2D eigenvalue weighted by Crippen LogP contribution is 2.53. The van der Waals surface area contributed by atoms with Crippen LogP contribution in [0, 0.1) is 28.6 Å². The number of unbranched alkanes of at least 4 members (excludes halogenated alkanes) is 2. The lowest BCUT2D eigenvalue weighted by molar-refractivity contribution is -0.144. The number of ether oxygens (including phenoxy) is 5. The number of aromatic nitrogens is 3. The van der Waals surface area contributed by atoms with Gasteiger partial charge in [0.05, 0.1) is 64.2 Å². The Kier molecular flexibility index (Phi) is 24.1. The minimum atomic E-state index is -0.145. The summed E-state index contributed by atoms with van der Waals surface area (Å²) < 4.78 is 29.7. The Balaban J connectivity index is 0.000000546. The molecule has 0 aromatic carbocycles. The van der Waals surface area contributed by atoms with E-state index in [1.807, 2.05) is 13.8 Å². The third-order valence-electron chi connectivity index (χ3n) is 10.7. The second-order valence-corrected chi connectivity index (χ2v) is 15.2. The van der Waals surface area contributed by atoms with Crippen LogP contribution in [0.1, 0.15) is 103 Å². The van der Waals surface area contributed by atoms with Crippen molar-refractivity contribution in [3.05, 3.63) is 21.8 Å². The molecule has 1 aromatic rings. The molecule has 53 heavy (non-hydrogen) atoms. The number of nitrogens with zero attached hydrogens (tertiary/aromatic N) is 6. The molecule has 306 valence electrons. The average molecular weight is 754 g/mol. The first-order chi connectivity index (χ1) is 25.7. The normalized spacial score (nSPS) is 19.9. The Hall–Kier alpha value is -2.36. The van der Waals surface area contributed by atoms with Crippen LogP contribution in [0.5, 0.6) is 0 Å². The lowest BCUT2D eigenvalue weighted by Gasteiger charge is -2.25. The minimum Gasteiger partial charge on any atom is -0.465 e. The van der Waals surface area contributed by atoms with E-state index in [0.717, 1.165) is 76.4 Å². The van der Waals surface area contributed by atoms with Gasteiger partial charge in [-0.3, -0.25) is 4.79 Å². The van der Waals surface area contributed by atoms with Crippen LogP contribution in [-0.4, -0.2) is 117 Å². The van der Waals surface area contributed by atoms with Crippen molar-refractivity contribution in [2.45, 2.75) is 111 Å². The molecular weight excluding hydrogens is 682 g/mol. The zero-order valence-corrected chi connectivity index (χ0v) is 33.2. The summed E-state index contributed by atoms with van der Waals surface area (Å²) in [4.78, 5) is 14.8. The first-order valence-electron chi connectivity index (χ1n) is 20.0. The van der Waals surface area contributed by atoms with E-state index in [4.69, 9.17) is 40.1 Å². The molecule has 5 atom stereocenters. The average Bonchev–Trinajstić information content (AvgIpc) is 3.68. The molecule has 1 heterocycles. The molecule has 2 aliphatic rings. The van der Waals surface area contributed by atoms with E-state index in [9.17, 15) is 9.90 Å². The summed E-state index contributed by atoms with van der Waals surface area (Å²) in [5, 5.41) is 31.0. The van der Waals surface area contributed by atoms with Crippen molar-refractivity contribution in [2.75, 3.05) is 85.8 Å². The number of aliphatic hydroxyl groups is 2. The molecule has 0 spiro atoms. The molecule has 0 bridgehead atoms. The number of hydrogen-bond donors (Lipinski definition) is 3. The molecule has 0 radical (unpaired) electrons. The third kappa shape index (κ3) is 18.7. The van der Waals surface area contributed by atoms with Gasteiger partial charge in [0, 0.05) is 61.6 Å².